The molecule has 0 spiro atoms. The molecule has 0 saturated carbocycles. The van der Waals surface area contributed by atoms with E-state index in [4.69, 9.17) is 4.74 Å². The normalized spacial score (nSPS) is 23.3. The van der Waals surface area contributed by atoms with Crippen molar-refractivity contribution < 1.29 is 14.3 Å². The predicted octanol–water partition coefficient (Wildman–Crippen LogP) is -1.13. The Morgan fingerprint density at radius 1 is 1.20 bits per heavy atom. The number of carbonyl (C=O) groups is 2. The third kappa shape index (κ3) is 2.66. The molecule has 2 rings (SSSR count). The maximum atomic E-state index is 11.2. The van der Waals surface area contributed by atoms with Crippen LogP contribution in [0.1, 0.15) is 0 Å². The number of amides is 3. The highest BCUT2D eigenvalue weighted by Crippen LogP contribution is 2.01. The van der Waals surface area contributed by atoms with Gasteiger partial charge in [-0.3, -0.25) is 15.0 Å². The van der Waals surface area contributed by atoms with Gasteiger partial charge in [-0.25, -0.2) is 4.79 Å². The third-order valence-electron chi connectivity index (χ3n) is 2.66. The highest BCUT2D eigenvalue weighted by atomic mass is 16.5. The first-order valence-electron chi connectivity index (χ1n) is 5.14. The number of hydrogen-bond donors (Lipinski definition) is 1. The number of ether oxygens (including phenoxy) is 1. The van der Waals surface area contributed by atoms with Gasteiger partial charge in [-0.1, -0.05) is 0 Å². The Hall–Kier alpha value is -1.14. The summed E-state index contributed by atoms with van der Waals surface area (Å²) in [6, 6.07) is -0.270. The lowest BCUT2D eigenvalue weighted by Gasteiger charge is -2.27. The van der Waals surface area contributed by atoms with E-state index in [1.54, 1.807) is 0 Å². The zero-order chi connectivity index (χ0) is 10.7. The van der Waals surface area contributed by atoms with Crippen LogP contribution in [0.25, 0.3) is 0 Å². The number of carbonyl (C=O) groups excluding carboxylic acids is 2. The second-order valence-corrected chi connectivity index (χ2v) is 3.73. The number of rotatable bonds is 3. The van der Waals surface area contributed by atoms with Crippen LogP contribution >= 0.6 is 0 Å². The molecule has 1 N–H and O–H groups in total. The fraction of sp³-hybridized carbons (Fsp3) is 0.778. The monoisotopic (exact) mass is 213 g/mol. The Morgan fingerprint density at radius 2 is 1.93 bits per heavy atom. The minimum atomic E-state index is -0.270. The average Bonchev–Trinajstić information content (AvgIpc) is 2.56. The molecule has 0 bridgehead atoms. The standard InChI is InChI=1S/C9H15N3O3/c13-8-7-12(9(14)10-8)2-1-11-3-5-15-6-4-11/h1-7H2,(H,10,13,14). The lowest BCUT2D eigenvalue weighted by molar-refractivity contribution is -0.118. The van der Waals surface area contributed by atoms with Crippen LogP contribution in [0.5, 0.6) is 0 Å². The maximum Gasteiger partial charge on any atom is 0.324 e. The Kier molecular flexibility index (Phi) is 3.17. The van der Waals surface area contributed by atoms with Crippen molar-refractivity contribution in [3.63, 3.8) is 0 Å². The van der Waals surface area contributed by atoms with Gasteiger partial charge in [-0.2, -0.15) is 0 Å². The van der Waals surface area contributed by atoms with Gasteiger partial charge in [0.25, 0.3) is 0 Å². The summed E-state index contributed by atoms with van der Waals surface area (Å²) in [6.07, 6.45) is 0. The van der Waals surface area contributed by atoms with E-state index < -0.39 is 0 Å². The topological polar surface area (TPSA) is 61.9 Å². The van der Waals surface area contributed by atoms with Crippen LogP contribution < -0.4 is 5.32 Å². The van der Waals surface area contributed by atoms with Gasteiger partial charge in [0.05, 0.1) is 13.2 Å². The van der Waals surface area contributed by atoms with Gasteiger partial charge in [-0.15, -0.1) is 0 Å². The molecule has 0 aromatic rings. The van der Waals surface area contributed by atoms with Crippen molar-refractivity contribution in [2.24, 2.45) is 0 Å². The van der Waals surface area contributed by atoms with Gasteiger partial charge in [0.15, 0.2) is 0 Å². The molecule has 0 aromatic heterocycles. The summed E-state index contributed by atoms with van der Waals surface area (Å²) in [5, 5.41) is 2.26. The van der Waals surface area contributed by atoms with Crippen molar-refractivity contribution in [2.75, 3.05) is 45.9 Å². The molecule has 3 amide bonds. The SMILES string of the molecule is O=C1CN(CCN2CCOCC2)C(=O)N1. The van der Waals surface area contributed by atoms with Crippen LogP contribution in [0.15, 0.2) is 0 Å². The summed E-state index contributed by atoms with van der Waals surface area (Å²) in [7, 11) is 0. The summed E-state index contributed by atoms with van der Waals surface area (Å²) >= 11 is 0. The van der Waals surface area contributed by atoms with Crippen molar-refractivity contribution in [3.05, 3.63) is 0 Å². The average molecular weight is 213 g/mol. The molecule has 15 heavy (non-hydrogen) atoms. The number of nitrogens with zero attached hydrogens (tertiary/aromatic N) is 2. The highest BCUT2D eigenvalue weighted by molar-refractivity contribution is 6.01. The first-order chi connectivity index (χ1) is 7.25. The molecule has 0 atom stereocenters. The fourth-order valence-corrected chi connectivity index (χ4v) is 1.75. The van der Waals surface area contributed by atoms with Crippen LogP contribution in [-0.2, 0) is 9.53 Å². The molecule has 2 aliphatic heterocycles. The molecule has 2 fully saturated rings. The van der Waals surface area contributed by atoms with E-state index >= 15 is 0 Å². The molecule has 6 heteroatoms. The molecule has 2 aliphatic rings. The number of imide groups is 1. The number of morpholine rings is 1. The summed E-state index contributed by atoms with van der Waals surface area (Å²) in [5.74, 6) is -0.207. The van der Waals surface area contributed by atoms with Crippen LogP contribution in [0.4, 0.5) is 4.79 Å². The summed E-state index contributed by atoms with van der Waals surface area (Å²) in [6.45, 7) is 4.94. The van der Waals surface area contributed by atoms with Gasteiger partial charge in [0, 0.05) is 26.2 Å². The zero-order valence-corrected chi connectivity index (χ0v) is 8.57. The van der Waals surface area contributed by atoms with E-state index in [1.807, 2.05) is 0 Å². The lowest BCUT2D eigenvalue weighted by atomic mass is 10.4. The van der Waals surface area contributed by atoms with Gasteiger partial charge in [-0.05, 0) is 0 Å². The van der Waals surface area contributed by atoms with Crippen molar-refractivity contribution in [1.82, 2.24) is 15.1 Å². The Labute approximate surface area is 88.2 Å². The van der Waals surface area contributed by atoms with E-state index in [2.05, 4.69) is 10.2 Å². The zero-order valence-electron chi connectivity index (χ0n) is 8.57. The minimum Gasteiger partial charge on any atom is -0.379 e. The molecule has 6 nitrogen and oxygen atoms in total. The smallest absolute Gasteiger partial charge is 0.324 e. The van der Waals surface area contributed by atoms with Crippen molar-refractivity contribution >= 4 is 11.9 Å². The van der Waals surface area contributed by atoms with Crippen molar-refractivity contribution in [2.45, 2.75) is 0 Å². The van der Waals surface area contributed by atoms with Crippen LogP contribution in [0.2, 0.25) is 0 Å². The van der Waals surface area contributed by atoms with Crippen molar-refractivity contribution in [3.8, 4) is 0 Å². The van der Waals surface area contributed by atoms with E-state index in [0.29, 0.717) is 6.54 Å². The summed E-state index contributed by atoms with van der Waals surface area (Å²) < 4.78 is 5.22. The molecule has 0 radical (unpaired) electrons. The van der Waals surface area contributed by atoms with Crippen LogP contribution in [-0.4, -0.2) is 67.7 Å². The van der Waals surface area contributed by atoms with Gasteiger partial charge >= 0.3 is 6.03 Å². The van der Waals surface area contributed by atoms with Gasteiger partial charge in [0.2, 0.25) is 5.91 Å². The first-order valence-corrected chi connectivity index (χ1v) is 5.14. The Bertz CT molecular complexity index is 263. The fourth-order valence-electron chi connectivity index (χ4n) is 1.75. The van der Waals surface area contributed by atoms with E-state index in [-0.39, 0.29) is 18.5 Å². The van der Waals surface area contributed by atoms with Gasteiger partial charge in [0.1, 0.15) is 6.54 Å². The van der Waals surface area contributed by atoms with Crippen LogP contribution in [0.3, 0.4) is 0 Å². The summed E-state index contributed by atoms with van der Waals surface area (Å²) in [5.41, 5.74) is 0. The molecule has 0 unspecified atom stereocenters. The molecule has 84 valence electrons. The lowest BCUT2D eigenvalue weighted by Crippen LogP contribution is -2.42. The first kappa shape index (κ1) is 10.4. The Morgan fingerprint density at radius 3 is 2.53 bits per heavy atom. The number of urea groups is 1. The number of nitrogens with one attached hydrogen (secondary N) is 1. The van der Waals surface area contributed by atoms with Gasteiger partial charge < -0.3 is 9.64 Å². The van der Waals surface area contributed by atoms with E-state index in [9.17, 15) is 9.59 Å². The van der Waals surface area contributed by atoms with E-state index in [0.717, 1.165) is 32.8 Å². The second-order valence-electron chi connectivity index (χ2n) is 3.73. The second kappa shape index (κ2) is 4.59. The minimum absolute atomic E-state index is 0.198. The number of hydrogen-bond acceptors (Lipinski definition) is 4. The molecular weight excluding hydrogens is 198 g/mol. The van der Waals surface area contributed by atoms with Crippen LogP contribution in [0, 0.1) is 0 Å². The molecule has 0 aliphatic carbocycles. The molecular formula is C9H15N3O3. The maximum absolute atomic E-state index is 11.2. The quantitative estimate of drug-likeness (QED) is 0.603. The molecule has 0 aromatic carbocycles. The predicted molar refractivity (Wildman–Crippen MR) is 52.4 cm³/mol. The molecule has 2 heterocycles. The van der Waals surface area contributed by atoms with E-state index in [1.165, 1.54) is 4.90 Å². The third-order valence-corrected chi connectivity index (χ3v) is 2.66. The van der Waals surface area contributed by atoms with Crippen molar-refractivity contribution in [1.29, 1.82) is 0 Å². The largest absolute Gasteiger partial charge is 0.379 e. The highest BCUT2D eigenvalue weighted by Gasteiger charge is 2.26. The summed E-state index contributed by atoms with van der Waals surface area (Å²) in [4.78, 5) is 25.9. The molecule has 2 saturated heterocycles. The Balaban J connectivity index is 1.73.